The zero-order valence-corrected chi connectivity index (χ0v) is 9.76. The van der Waals surface area contributed by atoms with Gasteiger partial charge in [-0.1, -0.05) is 41.4 Å². The Bertz CT molecular complexity index is 243. The summed E-state index contributed by atoms with van der Waals surface area (Å²) in [5, 5.41) is 3.32. The van der Waals surface area contributed by atoms with E-state index in [9.17, 15) is 0 Å². The van der Waals surface area contributed by atoms with E-state index in [2.05, 4.69) is 52.4 Å². The van der Waals surface area contributed by atoms with Gasteiger partial charge in [0.05, 0.1) is 0 Å². The summed E-state index contributed by atoms with van der Waals surface area (Å²) in [5.41, 5.74) is 1.37. The van der Waals surface area contributed by atoms with Crippen molar-refractivity contribution in [3.63, 3.8) is 0 Å². The van der Waals surface area contributed by atoms with Gasteiger partial charge in [-0.2, -0.15) is 0 Å². The molecule has 1 rings (SSSR count). The lowest BCUT2D eigenvalue weighted by atomic mass is 10.0. The van der Waals surface area contributed by atoms with Gasteiger partial charge in [-0.3, -0.25) is 0 Å². The largest absolute Gasteiger partial charge is 0.313 e. The van der Waals surface area contributed by atoms with Crippen molar-refractivity contribution in [1.29, 1.82) is 0 Å². The first kappa shape index (κ1) is 10.7. The summed E-state index contributed by atoms with van der Waals surface area (Å²) in [6.07, 6.45) is 2.40. The van der Waals surface area contributed by atoms with Crippen molar-refractivity contribution in [3.05, 3.63) is 34.3 Å². The fourth-order valence-corrected chi connectivity index (χ4v) is 1.73. The van der Waals surface area contributed by atoms with E-state index in [-0.39, 0.29) is 0 Å². The molecule has 0 fully saturated rings. The van der Waals surface area contributed by atoms with E-state index >= 15 is 0 Å². The maximum absolute atomic E-state index is 3.44. The first-order valence-corrected chi connectivity index (χ1v) is 5.50. The van der Waals surface area contributed by atoms with Crippen LogP contribution >= 0.6 is 15.9 Å². The molecule has 2 heteroatoms. The van der Waals surface area contributed by atoms with Crippen LogP contribution in [0, 0.1) is 0 Å². The summed E-state index contributed by atoms with van der Waals surface area (Å²) in [4.78, 5) is 0. The maximum atomic E-state index is 3.44. The molecule has 0 spiro atoms. The fraction of sp³-hybridized carbons (Fsp3) is 0.455. The molecule has 1 aromatic carbocycles. The molecule has 0 amide bonds. The quantitative estimate of drug-likeness (QED) is 0.851. The second kappa shape index (κ2) is 5.40. The molecule has 0 heterocycles. The average Bonchev–Trinajstić information content (AvgIpc) is 2.16. The Morgan fingerprint density at radius 2 is 1.92 bits per heavy atom. The molecule has 0 aliphatic heterocycles. The van der Waals surface area contributed by atoms with Gasteiger partial charge >= 0.3 is 0 Å². The standard InChI is InChI=1S/C11H16BrN/c1-3-4-11(13-2)9-5-7-10(12)8-6-9/h5-8,11,13H,3-4H2,1-2H3/t11-/m0/s1. The van der Waals surface area contributed by atoms with Crippen molar-refractivity contribution in [1.82, 2.24) is 5.32 Å². The molecule has 0 radical (unpaired) electrons. The van der Waals surface area contributed by atoms with E-state index in [1.807, 2.05) is 7.05 Å². The molecular weight excluding hydrogens is 226 g/mol. The van der Waals surface area contributed by atoms with Crippen LogP contribution in [0.15, 0.2) is 28.7 Å². The summed E-state index contributed by atoms with van der Waals surface area (Å²) >= 11 is 3.44. The molecule has 0 bridgehead atoms. The van der Waals surface area contributed by atoms with E-state index in [0.29, 0.717) is 6.04 Å². The lowest BCUT2D eigenvalue weighted by molar-refractivity contribution is 0.541. The molecular formula is C11H16BrN. The van der Waals surface area contributed by atoms with Crippen LogP contribution in [0.3, 0.4) is 0 Å². The predicted octanol–water partition coefficient (Wildman–Crippen LogP) is 3.51. The van der Waals surface area contributed by atoms with E-state index < -0.39 is 0 Å². The number of hydrogen-bond acceptors (Lipinski definition) is 1. The number of benzene rings is 1. The van der Waals surface area contributed by atoms with Gasteiger partial charge in [0.25, 0.3) is 0 Å². The number of nitrogens with one attached hydrogen (secondary N) is 1. The van der Waals surface area contributed by atoms with Gasteiger partial charge in [-0.15, -0.1) is 0 Å². The third kappa shape index (κ3) is 3.12. The Morgan fingerprint density at radius 1 is 1.31 bits per heavy atom. The lowest BCUT2D eigenvalue weighted by Crippen LogP contribution is -2.15. The summed E-state index contributed by atoms with van der Waals surface area (Å²) in [5.74, 6) is 0. The van der Waals surface area contributed by atoms with E-state index in [1.165, 1.54) is 18.4 Å². The Labute approximate surface area is 88.7 Å². The topological polar surface area (TPSA) is 12.0 Å². The molecule has 13 heavy (non-hydrogen) atoms. The molecule has 1 N–H and O–H groups in total. The smallest absolute Gasteiger partial charge is 0.0317 e. The van der Waals surface area contributed by atoms with Crippen LogP contribution < -0.4 is 5.32 Å². The molecule has 1 atom stereocenters. The van der Waals surface area contributed by atoms with Crippen molar-refractivity contribution >= 4 is 15.9 Å². The highest BCUT2D eigenvalue weighted by Crippen LogP contribution is 2.20. The maximum Gasteiger partial charge on any atom is 0.0317 e. The van der Waals surface area contributed by atoms with Crippen LogP contribution in [0.5, 0.6) is 0 Å². The molecule has 0 aliphatic rings. The van der Waals surface area contributed by atoms with Crippen LogP contribution in [-0.2, 0) is 0 Å². The molecule has 0 unspecified atom stereocenters. The molecule has 0 saturated carbocycles. The number of rotatable bonds is 4. The highest BCUT2D eigenvalue weighted by molar-refractivity contribution is 9.10. The Kier molecular flexibility index (Phi) is 4.46. The highest BCUT2D eigenvalue weighted by Gasteiger charge is 2.06. The molecule has 0 aromatic heterocycles. The normalized spacial score (nSPS) is 12.8. The average molecular weight is 242 g/mol. The summed E-state index contributed by atoms with van der Waals surface area (Å²) in [6, 6.07) is 9.02. The fourth-order valence-electron chi connectivity index (χ4n) is 1.46. The molecule has 1 aromatic rings. The first-order valence-electron chi connectivity index (χ1n) is 4.70. The molecule has 72 valence electrons. The zero-order chi connectivity index (χ0) is 9.68. The van der Waals surface area contributed by atoms with Crippen LogP contribution in [0.25, 0.3) is 0 Å². The van der Waals surface area contributed by atoms with Crippen LogP contribution in [0.2, 0.25) is 0 Å². The van der Waals surface area contributed by atoms with Crippen LogP contribution in [0.1, 0.15) is 31.4 Å². The van der Waals surface area contributed by atoms with E-state index in [1.54, 1.807) is 0 Å². The van der Waals surface area contributed by atoms with Crippen LogP contribution in [0.4, 0.5) is 0 Å². The Morgan fingerprint density at radius 3 is 2.38 bits per heavy atom. The monoisotopic (exact) mass is 241 g/mol. The lowest BCUT2D eigenvalue weighted by Gasteiger charge is -2.15. The third-order valence-electron chi connectivity index (χ3n) is 2.20. The van der Waals surface area contributed by atoms with Crippen molar-refractivity contribution in [2.75, 3.05) is 7.05 Å². The van der Waals surface area contributed by atoms with Gasteiger partial charge < -0.3 is 5.32 Å². The van der Waals surface area contributed by atoms with Crippen molar-refractivity contribution in [2.24, 2.45) is 0 Å². The minimum Gasteiger partial charge on any atom is -0.313 e. The summed E-state index contributed by atoms with van der Waals surface area (Å²) in [6.45, 7) is 2.21. The first-order chi connectivity index (χ1) is 6.27. The predicted molar refractivity (Wildman–Crippen MR) is 60.9 cm³/mol. The molecule has 0 saturated heterocycles. The van der Waals surface area contributed by atoms with Gasteiger partial charge in [-0.25, -0.2) is 0 Å². The second-order valence-electron chi connectivity index (χ2n) is 3.18. The Balaban J connectivity index is 2.73. The van der Waals surface area contributed by atoms with Crippen LogP contribution in [-0.4, -0.2) is 7.05 Å². The van der Waals surface area contributed by atoms with Gasteiger partial charge in [0.2, 0.25) is 0 Å². The molecule has 1 nitrogen and oxygen atoms in total. The Hall–Kier alpha value is -0.340. The van der Waals surface area contributed by atoms with Gasteiger partial charge in [0.15, 0.2) is 0 Å². The van der Waals surface area contributed by atoms with Crippen molar-refractivity contribution in [2.45, 2.75) is 25.8 Å². The molecule has 0 aliphatic carbocycles. The SMILES string of the molecule is CCC[C@H](NC)c1ccc(Br)cc1. The van der Waals surface area contributed by atoms with Gasteiger partial charge in [0.1, 0.15) is 0 Å². The minimum atomic E-state index is 0.498. The summed E-state index contributed by atoms with van der Waals surface area (Å²) < 4.78 is 1.14. The van der Waals surface area contributed by atoms with Gasteiger partial charge in [0, 0.05) is 10.5 Å². The van der Waals surface area contributed by atoms with E-state index in [0.717, 1.165) is 4.47 Å². The number of halogens is 1. The number of hydrogen-bond donors (Lipinski definition) is 1. The van der Waals surface area contributed by atoms with Crippen molar-refractivity contribution < 1.29 is 0 Å². The van der Waals surface area contributed by atoms with E-state index in [4.69, 9.17) is 0 Å². The zero-order valence-electron chi connectivity index (χ0n) is 8.18. The highest BCUT2D eigenvalue weighted by atomic mass is 79.9. The summed E-state index contributed by atoms with van der Waals surface area (Å²) in [7, 11) is 2.02. The minimum absolute atomic E-state index is 0.498. The second-order valence-corrected chi connectivity index (χ2v) is 4.10. The van der Waals surface area contributed by atoms with Crippen molar-refractivity contribution in [3.8, 4) is 0 Å². The third-order valence-corrected chi connectivity index (χ3v) is 2.73. The van der Waals surface area contributed by atoms with Gasteiger partial charge in [-0.05, 0) is 31.2 Å².